The first-order valence-electron chi connectivity index (χ1n) is 9.15. The molecule has 0 bridgehead atoms. The number of amides is 1. The minimum absolute atomic E-state index is 0.161. The van der Waals surface area contributed by atoms with Crippen molar-refractivity contribution in [2.75, 3.05) is 11.9 Å². The fourth-order valence-electron chi connectivity index (χ4n) is 2.96. The van der Waals surface area contributed by atoms with E-state index in [0.717, 1.165) is 16.9 Å². The fraction of sp³-hybridized carbons (Fsp3) is 0.0909. The van der Waals surface area contributed by atoms with Crippen molar-refractivity contribution in [3.8, 4) is 11.3 Å². The summed E-state index contributed by atoms with van der Waals surface area (Å²) in [6, 6.07) is 16.4. The molecular formula is C22H16ClN3O3S. The summed E-state index contributed by atoms with van der Waals surface area (Å²) in [7, 11) is 0. The number of carbonyl (C=O) groups is 2. The van der Waals surface area contributed by atoms with Crippen molar-refractivity contribution in [3.05, 3.63) is 76.3 Å². The van der Waals surface area contributed by atoms with E-state index in [1.807, 2.05) is 42.5 Å². The highest BCUT2D eigenvalue weighted by Gasteiger charge is 2.18. The number of ether oxygens (including phenoxy) is 1. The maximum Gasteiger partial charge on any atom is 0.357 e. The Hall–Kier alpha value is -3.29. The number of hydrogen-bond acceptors (Lipinski definition) is 6. The van der Waals surface area contributed by atoms with E-state index >= 15 is 0 Å². The Balaban J connectivity index is 1.72. The predicted molar refractivity (Wildman–Crippen MR) is 118 cm³/mol. The van der Waals surface area contributed by atoms with Crippen molar-refractivity contribution in [2.24, 2.45) is 0 Å². The highest BCUT2D eigenvalue weighted by molar-refractivity contribution is 7.14. The Morgan fingerprint density at radius 3 is 2.67 bits per heavy atom. The number of fused-ring (bicyclic) bond motifs is 1. The Bertz CT molecular complexity index is 1260. The number of benzene rings is 2. The number of anilines is 1. The van der Waals surface area contributed by atoms with Crippen LogP contribution in [0.1, 0.15) is 27.8 Å². The van der Waals surface area contributed by atoms with E-state index in [0.29, 0.717) is 32.3 Å². The highest BCUT2D eigenvalue weighted by Crippen LogP contribution is 2.30. The lowest BCUT2D eigenvalue weighted by atomic mass is 10.0. The molecule has 1 N–H and O–H groups in total. The molecule has 0 spiro atoms. The Kier molecular flexibility index (Phi) is 5.74. The molecule has 4 rings (SSSR count). The van der Waals surface area contributed by atoms with Crippen LogP contribution in [0.15, 0.2) is 60.0 Å². The van der Waals surface area contributed by atoms with E-state index < -0.39 is 5.97 Å². The van der Waals surface area contributed by atoms with Crippen LogP contribution < -0.4 is 5.32 Å². The highest BCUT2D eigenvalue weighted by atomic mass is 35.5. The Morgan fingerprint density at radius 2 is 1.87 bits per heavy atom. The monoisotopic (exact) mass is 437 g/mol. The first kappa shape index (κ1) is 20.0. The Labute approximate surface area is 181 Å². The largest absolute Gasteiger partial charge is 0.461 e. The van der Waals surface area contributed by atoms with Crippen LogP contribution in [0.4, 0.5) is 5.13 Å². The molecule has 8 heteroatoms. The third kappa shape index (κ3) is 4.03. The van der Waals surface area contributed by atoms with E-state index in [-0.39, 0.29) is 18.2 Å². The fourth-order valence-corrected chi connectivity index (χ4v) is 3.87. The van der Waals surface area contributed by atoms with Gasteiger partial charge in [0, 0.05) is 21.4 Å². The smallest absolute Gasteiger partial charge is 0.357 e. The van der Waals surface area contributed by atoms with Gasteiger partial charge < -0.3 is 4.74 Å². The molecule has 0 aliphatic heterocycles. The molecule has 2 aromatic heterocycles. The van der Waals surface area contributed by atoms with Gasteiger partial charge in [0.05, 0.1) is 23.4 Å². The first-order chi connectivity index (χ1) is 14.6. The summed E-state index contributed by atoms with van der Waals surface area (Å²) >= 11 is 7.49. The second-order valence-electron chi connectivity index (χ2n) is 6.26. The number of esters is 1. The summed E-state index contributed by atoms with van der Waals surface area (Å²) < 4.78 is 4.94. The molecule has 0 atom stereocenters. The minimum atomic E-state index is -0.524. The van der Waals surface area contributed by atoms with E-state index in [2.05, 4.69) is 15.3 Å². The number of hydrogen-bond donors (Lipinski definition) is 1. The molecule has 30 heavy (non-hydrogen) atoms. The van der Waals surface area contributed by atoms with Crippen LogP contribution in [0.5, 0.6) is 0 Å². The molecule has 0 saturated heterocycles. The third-order valence-electron chi connectivity index (χ3n) is 4.32. The predicted octanol–water partition coefficient (Wildman–Crippen LogP) is 5.44. The second-order valence-corrected chi connectivity index (χ2v) is 7.53. The van der Waals surface area contributed by atoms with Gasteiger partial charge in [-0.15, -0.1) is 11.3 Å². The molecule has 0 aliphatic carbocycles. The number of nitrogens with zero attached hydrogens (tertiary/aromatic N) is 2. The third-order valence-corrected chi connectivity index (χ3v) is 5.41. The zero-order chi connectivity index (χ0) is 21.1. The summed E-state index contributed by atoms with van der Waals surface area (Å²) in [6.07, 6.45) is 0. The molecule has 150 valence electrons. The number of thiazole rings is 1. The van der Waals surface area contributed by atoms with Crippen molar-refractivity contribution in [1.29, 1.82) is 0 Å². The SMILES string of the molecule is CCOC(=O)c1csc(NC(=O)c2cc(-c3ccccc3Cl)nc3ccccc23)n1. The lowest BCUT2D eigenvalue weighted by Gasteiger charge is -2.10. The van der Waals surface area contributed by atoms with Crippen LogP contribution >= 0.6 is 22.9 Å². The molecule has 0 radical (unpaired) electrons. The number of nitrogens with one attached hydrogen (secondary N) is 1. The van der Waals surface area contributed by atoms with Gasteiger partial charge in [0.15, 0.2) is 10.8 Å². The van der Waals surface area contributed by atoms with Gasteiger partial charge in [-0.3, -0.25) is 10.1 Å². The zero-order valence-corrected chi connectivity index (χ0v) is 17.5. The van der Waals surface area contributed by atoms with Gasteiger partial charge in [-0.05, 0) is 25.1 Å². The maximum absolute atomic E-state index is 13.1. The number of carbonyl (C=O) groups excluding carboxylic acids is 2. The summed E-state index contributed by atoms with van der Waals surface area (Å²) in [5, 5.41) is 5.87. The van der Waals surface area contributed by atoms with E-state index in [4.69, 9.17) is 16.3 Å². The molecule has 6 nitrogen and oxygen atoms in total. The van der Waals surface area contributed by atoms with E-state index in [1.165, 1.54) is 0 Å². The standard InChI is InChI=1S/C22H16ClN3O3S/c1-2-29-21(28)19-12-30-22(25-19)26-20(27)15-11-18(14-8-3-5-9-16(14)23)24-17-10-6-4-7-13(15)17/h3-12H,2H2,1H3,(H,25,26,27). The summed E-state index contributed by atoms with van der Waals surface area (Å²) in [5.41, 5.74) is 2.59. The molecule has 0 fully saturated rings. The summed E-state index contributed by atoms with van der Waals surface area (Å²) in [6.45, 7) is 1.98. The van der Waals surface area contributed by atoms with Crippen LogP contribution in [-0.2, 0) is 4.74 Å². The quantitative estimate of drug-likeness (QED) is 0.420. The van der Waals surface area contributed by atoms with Crippen LogP contribution in [-0.4, -0.2) is 28.5 Å². The zero-order valence-electron chi connectivity index (χ0n) is 15.9. The minimum Gasteiger partial charge on any atom is -0.461 e. The number of rotatable bonds is 5. The maximum atomic E-state index is 13.1. The van der Waals surface area contributed by atoms with Gasteiger partial charge in [-0.1, -0.05) is 48.0 Å². The van der Waals surface area contributed by atoms with Crippen molar-refractivity contribution in [1.82, 2.24) is 9.97 Å². The van der Waals surface area contributed by atoms with Crippen LogP contribution in [0, 0.1) is 0 Å². The molecule has 1 amide bonds. The summed E-state index contributed by atoms with van der Waals surface area (Å²) in [5.74, 6) is -0.878. The first-order valence-corrected chi connectivity index (χ1v) is 10.4. The molecule has 2 heterocycles. The van der Waals surface area contributed by atoms with Gasteiger partial charge >= 0.3 is 5.97 Å². The number of pyridine rings is 1. The number of aromatic nitrogens is 2. The van der Waals surface area contributed by atoms with Crippen molar-refractivity contribution in [2.45, 2.75) is 6.92 Å². The number of halogens is 1. The lowest BCUT2D eigenvalue weighted by Crippen LogP contribution is -2.13. The second kappa shape index (κ2) is 8.61. The van der Waals surface area contributed by atoms with Crippen LogP contribution in [0.2, 0.25) is 5.02 Å². The van der Waals surface area contributed by atoms with Crippen molar-refractivity contribution < 1.29 is 14.3 Å². The van der Waals surface area contributed by atoms with E-state index in [9.17, 15) is 9.59 Å². The van der Waals surface area contributed by atoms with Gasteiger partial charge in [0.25, 0.3) is 5.91 Å². The van der Waals surface area contributed by atoms with Gasteiger partial charge in [0.1, 0.15) is 0 Å². The lowest BCUT2D eigenvalue weighted by molar-refractivity contribution is 0.0520. The topological polar surface area (TPSA) is 81.2 Å². The molecule has 2 aromatic carbocycles. The molecular weight excluding hydrogens is 422 g/mol. The van der Waals surface area contributed by atoms with Crippen molar-refractivity contribution in [3.63, 3.8) is 0 Å². The van der Waals surface area contributed by atoms with Gasteiger partial charge in [-0.25, -0.2) is 14.8 Å². The number of para-hydroxylation sites is 1. The normalized spacial score (nSPS) is 10.7. The average molecular weight is 438 g/mol. The van der Waals surface area contributed by atoms with Gasteiger partial charge in [0.2, 0.25) is 0 Å². The van der Waals surface area contributed by atoms with E-state index in [1.54, 1.807) is 24.4 Å². The van der Waals surface area contributed by atoms with Crippen LogP contribution in [0.25, 0.3) is 22.2 Å². The molecule has 0 unspecified atom stereocenters. The van der Waals surface area contributed by atoms with Crippen molar-refractivity contribution >= 4 is 50.8 Å². The molecule has 0 saturated carbocycles. The summed E-state index contributed by atoms with van der Waals surface area (Å²) in [4.78, 5) is 33.7. The van der Waals surface area contributed by atoms with Gasteiger partial charge in [-0.2, -0.15) is 0 Å². The van der Waals surface area contributed by atoms with Crippen LogP contribution in [0.3, 0.4) is 0 Å². The molecule has 0 aliphatic rings. The molecule has 4 aromatic rings. The average Bonchev–Trinajstić information content (AvgIpc) is 3.22. The Morgan fingerprint density at radius 1 is 1.10 bits per heavy atom.